The zero-order valence-electron chi connectivity index (χ0n) is 16.5. The number of aliphatic imine (C=N–C) groups is 1. The van der Waals surface area contributed by atoms with Crippen molar-refractivity contribution in [2.75, 3.05) is 0 Å². The third kappa shape index (κ3) is 5.04. The van der Waals surface area contributed by atoms with Crippen LogP contribution in [0.1, 0.15) is 25.5 Å². The molecular formula is C25H26N2O. The van der Waals surface area contributed by atoms with Crippen LogP contribution in [-0.2, 0) is 4.79 Å². The number of nitrogens with one attached hydrogen (secondary N) is 1. The fraction of sp³-hybridized carbons (Fsp3) is 0.120. The van der Waals surface area contributed by atoms with Crippen molar-refractivity contribution in [3.63, 3.8) is 0 Å². The Morgan fingerprint density at radius 1 is 1.07 bits per heavy atom. The fourth-order valence-electron chi connectivity index (χ4n) is 2.88. The van der Waals surface area contributed by atoms with Crippen LogP contribution in [0, 0.1) is 0 Å². The lowest BCUT2D eigenvalue weighted by Crippen LogP contribution is -2.28. The van der Waals surface area contributed by atoms with Gasteiger partial charge in [-0.05, 0) is 65.8 Å². The summed E-state index contributed by atoms with van der Waals surface area (Å²) in [4.78, 5) is 16.6. The second-order valence-electron chi connectivity index (χ2n) is 6.65. The van der Waals surface area contributed by atoms with Crippen LogP contribution < -0.4 is 5.32 Å². The molecule has 142 valence electrons. The summed E-state index contributed by atoms with van der Waals surface area (Å²) in [5, 5.41) is 5.34. The van der Waals surface area contributed by atoms with E-state index in [1.54, 1.807) is 19.1 Å². The summed E-state index contributed by atoms with van der Waals surface area (Å²) in [5.41, 5.74) is 3.46. The highest BCUT2D eigenvalue weighted by Gasteiger charge is 2.16. The van der Waals surface area contributed by atoms with Gasteiger partial charge < -0.3 is 5.32 Å². The predicted octanol–water partition coefficient (Wildman–Crippen LogP) is 5.85. The van der Waals surface area contributed by atoms with Crippen molar-refractivity contribution in [3.8, 4) is 0 Å². The van der Waals surface area contributed by atoms with E-state index >= 15 is 0 Å². The number of nitrogens with zero attached hydrogens (tertiary/aromatic N) is 1. The quantitative estimate of drug-likeness (QED) is 0.354. The smallest absolute Gasteiger partial charge is 0.252 e. The Bertz CT molecular complexity index is 1000. The van der Waals surface area contributed by atoms with Crippen molar-refractivity contribution in [2.24, 2.45) is 4.99 Å². The number of carbonyl (C=O) groups excluding carboxylic acids is 1. The van der Waals surface area contributed by atoms with Gasteiger partial charge >= 0.3 is 0 Å². The molecule has 0 bridgehead atoms. The number of rotatable bonds is 8. The molecule has 0 aliphatic heterocycles. The Balaban J connectivity index is 2.26. The van der Waals surface area contributed by atoms with Crippen LogP contribution in [0.15, 0.2) is 108 Å². The maximum atomic E-state index is 12.9. The first kappa shape index (κ1) is 20.8. The van der Waals surface area contributed by atoms with Gasteiger partial charge in [0.05, 0.1) is 6.04 Å². The van der Waals surface area contributed by atoms with Crippen LogP contribution in [0.4, 0.5) is 0 Å². The van der Waals surface area contributed by atoms with Crippen molar-refractivity contribution >= 4 is 23.4 Å². The summed E-state index contributed by atoms with van der Waals surface area (Å²) in [6.45, 7) is 19.0. The highest BCUT2D eigenvalue weighted by atomic mass is 16.1. The summed E-state index contributed by atoms with van der Waals surface area (Å²) >= 11 is 0. The molecule has 0 heterocycles. The Labute approximate surface area is 167 Å². The molecule has 0 aliphatic carbocycles. The molecular weight excluding hydrogens is 344 g/mol. The van der Waals surface area contributed by atoms with Gasteiger partial charge in [0, 0.05) is 11.8 Å². The van der Waals surface area contributed by atoms with E-state index in [2.05, 4.69) is 55.0 Å². The Morgan fingerprint density at radius 2 is 1.75 bits per heavy atom. The van der Waals surface area contributed by atoms with Gasteiger partial charge in [0.15, 0.2) is 0 Å². The van der Waals surface area contributed by atoms with Crippen molar-refractivity contribution in [1.29, 1.82) is 0 Å². The van der Waals surface area contributed by atoms with Crippen molar-refractivity contribution in [1.82, 2.24) is 5.32 Å². The summed E-state index contributed by atoms with van der Waals surface area (Å²) in [5.74, 6) is -0.201. The Morgan fingerprint density at radius 3 is 2.43 bits per heavy atom. The molecule has 3 heteroatoms. The molecule has 0 saturated heterocycles. The SMILES string of the molecule is C=N/C=C\C(=C)C(=C)/C=C(\C(=C)C)C(=O)NC(C)c1cccc2ccccc12. The van der Waals surface area contributed by atoms with Crippen LogP contribution in [0.3, 0.4) is 0 Å². The van der Waals surface area contributed by atoms with E-state index in [1.807, 2.05) is 31.2 Å². The number of hydrogen-bond donors (Lipinski definition) is 1. The topological polar surface area (TPSA) is 41.5 Å². The van der Waals surface area contributed by atoms with Gasteiger partial charge in [-0.1, -0.05) is 62.2 Å². The molecule has 1 N–H and O–H groups in total. The standard InChI is InChI=1S/C25H26N2O/c1-17(2)24(16-19(4)18(3)14-15-26-6)25(28)27-20(5)22-13-9-11-21-10-7-8-12-23(21)22/h7-16,20H,1,3-4,6H2,2,5H3,(H,27,28)/b15-14-,24-16+. The lowest BCUT2D eigenvalue weighted by atomic mass is 9.98. The van der Waals surface area contributed by atoms with Crippen LogP contribution in [0.5, 0.6) is 0 Å². The van der Waals surface area contributed by atoms with Gasteiger partial charge in [0.2, 0.25) is 0 Å². The molecule has 2 rings (SSSR count). The molecule has 1 unspecified atom stereocenters. The summed E-state index contributed by atoms with van der Waals surface area (Å²) in [7, 11) is 0. The van der Waals surface area contributed by atoms with E-state index < -0.39 is 0 Å². The third-order valence-electron chi connectivity index (χ3n) is 4.45. The zero-order chi connectivity index (χ0) is 20.7. The molecule has 0 spiro atoms. The summed E-state index contributed by atoms with van der Waals surface area (Å²) in [6.07, 6.45) is 4.92. The van der Waals surface area contributed by atoms with Gasteiger partial charge in [0.1, 0.15) is 0 Å². The van der Waals surface area contributed by atoms with Crippen molar-refractivity contribution in [3.05, 3.63) is 108 Å². The second-order valence-corrected chi connectivity index (χ2v) is 6.65. The van der Waals surface area contributed by atoms with Crippen molar-refractivity contribution in [2.45, 2.75) is 19.9 Å². The second kappa shape index (κ2) is 9.47. The molecule has 0 radical (unpaired) electrons. The van der Waals surface area contributed by atoms with Crippen LogP contribution in [0.25, 0.3) is 10.8 Å². The minimum absolute atomic E-state index is 0.164. The highest BCUT2D eigenvalue weighted by molar-refractivity contribution is 5.98. The minimum atomic E-state index is -0.201. The number of amides is 1. The van der Waals surface area contributed by atoms with E-state index in [-0.39, 0.29) is 11.9 Å². The first-order valence-electron chi connectivity index (χ1n) is 9.01. The van der Waals surface area contributed by atoms with Gasteiger partial charge in [-0.3, -0.25) is 9.79 Å². The van der Waals surface area contributed by atoms with Crippen molar-refractivity contribution < 1.29 is 4.79 Å². The van der Waals surface area contributed by atoms with E-state index in [9.17, 15) is 4.79 Å². The van der Waals surface area contributed by atoms with Crippen LogP contribution in [-0.4, -0.2) is 12.6 Å². The molecule has 2 aromatic rings. The number of hydrogen-bond acceptors (Lipinski definition) is 2. The molecule has 0 fully saturated rings. The van der Waals surface area contributed by atoms with Gasteiger partial charge in [0.25, 0.3) is 5.91 Å². The molecule has 0 saturated carbocycles. The zero-order valence-corrected chi connectivity index (χ0v) is 16.5. The molecule has 2 aromatic carbocycles. The van der Waals surface area contributed by atoms with Gasteiger partial charge in [-0.2, -0.15) is 0 Å². The Hall–Kier alpha value is -3.46. The lowest BCUT2D eigenvalue weighted by molar-refractivity contribution is -0.117. The average Bonchev–Trinajstić information content (AvgIpc) is 2.68. The molecule has 1 amide bonds. The normalized spacial score (nSPS) is 12.6. The number of carbonyl (C=O) groups is 1. The van der Waals surface area contributed by atoms with Gasteiger partial charge in [-0.25, -0.2) is 0 Å². The first-order chi connectivity index (χ1) is 13.3. The maximum Gasteiger partial charge on any atom is 0.252 e. The van der Waals surface area contributed by atoms with E-state index in [4.69, 9.17) is 0 Å². The van der Waals surface area contributed by atoms with E-state index in [0.717, 1.165) is 16.3 Å². The monoisotopic (exact) mass is 370 g/mol. The average molecular weight is 370 g/mol. The molecule has 0 aromatic heterocycles. The third-order valence-corrected chi connectivity index (χ3v) is 4.45. The van der Waals surface area contributed by atoms with E-state index in [0.29, 0.717) is 22.3 Å². The largest absolute Gasteiger partial charge is 0.345 e. The minimum Gasteiger partial charge on any atom is -0.345 e. The Kier molecular flexibility index (Phi) is 7.05. The predicted molar refractivity (Wildman–Crippen MR) is 120 cm³/mol. The molecule has 3 nitrogen and oxygen atoms in total. The lowest BCUT2D eigenvalue weighted by Gasteiger charge is -2.18. The molecule has 1 atom stereocenters. The fourth-order valence-corrected chi connectivity index (χ4v) is 2.88. The maximum absolute atomic E-state index is 12.9. The van der Waals surface area contributed by atoms with Gasteiger partial charge in [-0.15, -0.1) is 0 Å². The van der Waals surface area contributed by atoms with E-state index in [1.165, 1.54) is 6.20 Å². The number of allylic oxidation sites excluding steroid dienone is 4. The first-order valence-corrected chi connectivity index (χ1v) is 9.01. The molecule has 28 heavy (non-hydrogen) atoms. The van der Waals surface area contributed by atoms with Crippen LogP contribution in [0.2, 0.25) is 0 Å². The number of benzene rings is 2. The molecule has 0 aliphatic rings. The van der Waals surface area contributed by atoms with Crippen LogP contribution >= 0.6 is 0 Å². The summed E-state index contributed by atoms with van der Waals surface area (Å²) < 4.78 is 0. The number of fused-ring (bicyclic) bond motifs is 1. The highest BCUT2D eigenvalue weighted by Crippen LogP contribution is 2.25. The summed E-state index contributed by atoms with van der Waals surface area (Å²) in [6, 6.07) is 14.1.